The number of fused-ring (bicyclic) bond motifs is 2. The lowest BCUT2D eigenvalue weighted by molar-refractivity contribution is 0.102. The molecule has 0 atom stereocenters. The van der Waals surface area contributed by atoms with Crippen molar-refractivity contribution in [2.45, 2.75) is 25.7 Å². The molecule has 0 bridgehead atoms. The van der Waals surface area contributed by atoms with Crippen molar-refractivity contribution in [1.82, 2.24) is 19.7 Å². The van der Waals surface area contributed by atoms with Gasteiger partial charge >= 0.3 is 0 Å². The van der Waals surface area contributed by atoms with Crippen LogP contribution in [-0.2, 0) is 7.05 Å². The molecule has 0 spiro atoms. The van der Waals surface area contributed by atoms with Gasteiger partial charge in [-0.3, -0.25) is 9.48 Å². The molecule has 8 heteroatoms. The van der Waals surface area contributed by atoms with E-state index >= 15 is 0 Å². The highest BCUT2D eigenvalue weighted by Crippen LogP contribution is 2.40. The second-order valence-corrected chi connectivity index (χ2v) is 7.90. The van der Waals surface area contributed by atoms with E-state index in [1.807, 2.05) is 38.2 Å². The SMILES string of the molecule is Cc1nn(C)c2nc(-c3ccco3)cc(C(=O)Nc3ccc4oc(C5CC5)nc4c3)c12. The summed E-state index contributed by atoms with van der Waals surface area (Å²) >= 11 is 0. The molecule has 1 aromatic carbocycles. The lowest BCUT2D eigenvalue weighted by atomic mass is 10.1. The first-order valence-corrected chi connectivity index (χ1v) is 10.2. The van der Waals surface area contributed by atoms with Gasteiger partial charge in [-0.2, -0.15) is 5.10 Å². The number of pyridine rings is 1. The van der Waals surface area contributed by atoms with Crippen molar-refractivity contribution in [3.63, 3.8) is 0 Å². The van der Waals surface area contributed by atoms with Crippen LogP contribution in [-0.4, -0.2) is 25.7 Å². The van der Waals surface area contributed by atoms with Crippen LogP contribution < -0.4 is 5.32 Å². The minimum Gasteiger partial charge on any atom is -0.463 e. The highest BCUT2D eigenvalue weighted by molar-refractivity contribution is 6.13. The van der Waals surface area contributed by atoms with Gasteiger partial charge in [0, 0.05) is 18.7 Å². The molecular formula is C23H19N5O3. The van der Waals surface area contributed by atoms with E-state index in [1.165, 1.54) is 0 Å². The van der Waals surface area contributed by atoms with Gasteiger partial charge in [-0.25, -0.2) is 9.97 Å². The Hall–Kier alpha value is -3.94. The third kappa shape index (κ3) is 2.99. The summed E-state index contributed by atoms with van der Waals surface area (Å²) in [5, 5.41) is 8.16. The van der Waals surface area contributed by atoms with E-state index in [4.69, 9.17) is 8.83 Å². The van der Waals surface area contributed by atoms with Crippen LogP contribution in [0.2, 0.25) is 0 Å². The number of oxazole rings is 1. The number of amides is 1. The number of anilines is 1. The van der Waals surface area contributed by atoms with Crippen molar-refractivity contribution < 1.29 is 13.6 Å². The number of nitrogens with zero attached hydrogens (tertiary/aromatic N) is 4. The van der Waals surface area contributed by atoms with Gasteiger partial charge in [0.25, 0.3) is 5.91 Å². The zero-order valence-corrected chi connectivity index (χ0v) is 17.0. The van der Waals surface area contributed by atoms with Gasteiger partial charge in [-0.05, 0) is 56.2 Å². The van der Waals surface area contributed by atoms with Gasteiger partial charge < -0.3 is 14.2 Å². The molecule has 0 saturated heterocycles. The Labute approximate surface area is 176 Å². The molecule has 1 fully saturated rings. The molecule has 4 aromatic heterocycles. The standard InChI is InChI=1S/C23H19N5O3/c1-12-20-15(11-17(18-4-3-9-30-18)25-21(20)28(2)27-12)22(29)24-14-7-8-19-16(10-14)26-23(31-19)13-5-6-13/h3-4,7-11,13H,5-6H2,1-2H3,(H,24,29). The maximum absolute atomic E-state index is 13.3. The van der Waals surface area contributed by atoms with Crippen LogP contribution in [0.1, 0.15) is 40.7 Å². The Bertz CT molecular complexity index is 1460. The third-order valence-corrected chi connectivity index (χ3v) is 5.58. The van der Waals surface area contributed by atoms with E-state index in [0.717, 1.165) is 35.5 Å². The molecular weight excluding hydrogens is 394 g/mol. The van der Waals surface area contributed by atoms with Gasteiger partial charge in [0.2, 0.25) is 0 Å². The Kier molecular flexibility index (Phi) is 3.77. The van der Waals surface area contributed by atoms with Crippen molar-refractivity contribution >= 4 is 33.7 Å². The molecule has 0 unspecified atom stereocenters. The number of carbonyl (C=O) groups excluding carboxylic acids is 1. The summed E-state index contributed by atoms with van der Waals surface area (Å²) in [6.45, 7) is 1.87. The summed E-state index contributed by atoms with van der Waals surface area (Å²) < 4.78 is 13.0. The van der Waals surface area contributed by atoms with Crippen LogP contribution in [0.5, 0.6) is 0 Å². The quantitative estimate of drug-likeness (QED) is 0.454. The molecule has 1 saturated carbocycles. The fraction of sp³-hybridized carbons (Fsp3) is 0.217. The molecule has 8 nitrogen and oxygen atoms in total. The Morgan fingerprint density at radius 3 is 2.84 bits per heavy atom. The van der Waals surface area contributed by atoms with Crippen molar-refractivity contribution in [2.75, 3.05) is 5.32 Å². The first kappa shape index (κ1) is 17.9. The lowest BCUT2D eigenvalue weighted by Gasteiger charge is -2.08. The number of aryl methyl sites for hydroxylation is 2. The maximum Gasteiger partial charge on any atom is 0.256 e. The van der Waals surface area contributed by atoms with Gasteiger partial charge in [0.1, 0.15) is 11.2 Å². The molecule has 154 valence electrons. The van der Waals surface area contributed by atoms with Crippen LogP contribution in [0.15, 0.2) is 51.5 Å². The minimum atomic E-state index is -0.249. The van der Waals surface area contributed by atoms with Crippen LogP contribution in [0.4, 0.5) is 5.69 Å². The largest absolute Gasteiger partial charge is 0.463 e. The van der Waals surface area contributed by atoms with E-state index in [0.29, 0.717) is 39.7 Å². The average Bonchev–Trinajstić information content (AvgIpc) is 3.18. The fourth-order valence-corrected chi connectivity index (χ4v) is 3.90. The molecule has 1 amide bonds. The first-order chi connectivity index (χ1) is 15.1. The predicted molar refractivity (Wildman–Crippen MR) is 115 cm³/mol. The number of furan rings is 1. The molecule has 31 heavy (non-hydrogen) atoms. The molecule has 5 aromatic rings. The number of carbonyl (C=O) groups is 1. The summed E-state index contributed by atoms with van der Waals surface area (Å²) in [6, 6.07) is 10.8. The molecule has 1 aliphatic rings. The Morgan fingerprint density at radius 1 is 1.19 bits per heavy atom. The van der Waals surface area contributed by atoms with Gasteiger partial charge in [0.05, 0.1) is 22.9 Å². The van der Waals surface area contributed by atoms with Crippen molar-refractivity contribution in [3.05, 3.63) is 59.8 Å². The molecule has 4 heterocycles. The van der Waals surface area contributed by atoms with E-state index < -0.39 is 0 Å². The zero-order valence-electron chi connectivity index (χ0n) is 17.0. The van der Waals surface area contributed by atoms with Crippen molar-refractivity contribution in [2.24, 2.45) is 7.05 Å². The van der Waals surface area contributed by atoms with E-state index in [2.05, 4.69) is 20.4 Å². The summed E-state index contributed by atoms with van der Waals surface area (Å²) in [5.74, 6) is 1.56. The lowest BCUT2D eigenvalue weighted by Crippen LogP contribution is -2.13. The number of benzene rings is 1. The molecule has 1 N–H and O–H groups in total. The molecule has 1 aliphatic carbocycles. The summed E-state index contributed by atoms with van der Waals surface area (Å²) in [7, 11) is 1.81. The van der Waals surface area contributed by atoms with Crippen molar-refractivity contribution in [1.29, 1.82) is 0 Å². The first-order valence-electron chi connectivity index (χ1n) is 10.2. The smallest absolute Gasteiger partial charge is 0.256 e. The van der Waals surface area contributed by atoms with Crippen molar-refractivity contribution in [3.8, 4) is 11.5 Å². The van der Waals surface area contributed by atoms with Crippen LogP contribution >= 0.6 is 0 Å². The summed E-state index contributed by atoms with van der Waals surface area (Å²) in [6.07, 6.45) is 3.83. The predicted octanol–water partition coefficient (Wildman–Crippen LogP) is 4.81. The van der Waals surface area contributed by atoms with Crippen LogP contribution in [0.25, 0.3) is 33.6 Å². The number of nitrogens with one attached hydrogen (secondary N) is 1. The Morgan fingerprint density at radius 2 is 2.06 bits per heavy atom. The number of aromatic nitrogens is 4. The van der Waals surface area contributed by atoms with Crippen LogP contribution in [0, 0.1) is 6.92 Å². The fourth-order valence-electron chi connectivity index (χ4n) is 3.90. The topological polar surface area (TPSA) is 99.0 Å². The zero-order chi connectivity index (χ0) is 21.1. The number of hydrogen-bond acceptors (Lipinski definition) is 6. The number of hydrogen-bond donors (Lipinski definition) is 1. The highest BCUT2D eigenvalue weighted by atomic mass is 16.3. The normalized spacial score (nSPS) is 13.9. The highest BCUT2D eigenvalue weighted by Gasteiger charge is 2.29. The monoisotopic (exact) mass is 413 g/mol. The second-order valence-electron chi connectivity index (χ2n) is 7.90. The summed E-state index contributed by atoms with van der Waals surface area (Å²) in [5.41, 5.74) is 4.55. The van der Waals surface area contributed by atoms with Gasteiger partial charge in [0.15, 0.2) is 22.9 Å². The molecule has 0 radical (unpaired) electrons. The van der Waals surface area contributed by atoms with Crippen LogP contribution in [0.3, 0.4) is 0 Å². The van der Waals surface area contributed by atoms with E-state index in [1.54, 1.807) is 23.1 Å². The van der Waals surface area contributed by atoms with Gasteiger partial charge in [-0.1, -0.05) is 0 Å². The number of rotatable bonds is 4. The van der Waals surface area contributed by atoms with Gasteiger partial charge in [-0.15, -0.1) is 0 Å². The Balaban J connectivity index is 1.41. The molecule has 6 rings (SSSR count). The minimum absolute atomic E-state index is 0.249. The third-order valence-electron chi connectivity index (χ3n) is 5.58. The summed E-state index contributed by atoms with van der Waals surface area (Å²) in [4.78, 5) is 22.6. The molecule has 0 aliphatic heterocycles. The second kappa shape index (κ2) is 6.53. The maximum atomic E-state index is 13.3. The van der Waals surface area contributed by atoms with E-state index in [-0.39, 0.29) is 5.91 Å². The van der Waals surface area contributed by atoms with E-state index in [9.17, 15) is 4.79 Å². The average molecular weight is 413 g/mol.